The maximum absolute atomic E-state index is 13.4. The molecular weight excluding hydrogens is 496 g/mol. The summed E-state index contributed by atoms with van der Waals surface area (Å²) in [7, 11) is -3.86. The Morgan fingerprint density at radius 2 is 1.84 bits per heavy atom. The van der Waals surface area contributed by atoms with Gasteiger partial charge in [-0.2, -0.15) is 4.72 Å². The van der Waals surface area contributed by atoms with Gasteiger partial charge in [0.2, 0.25) is 15.9 Å². The molecule has 0 aliphatic carbocycles. The molecule has 10 heteroatoms. The fraction of sp³-hybridized carbons (Fsp3) is 0.636. The number of unbranched alkanes of at least 4 members (excludes halogenated alkanes) is 1. The molecule has 3 amide bonds. The predicted molar refractivity (Wildman–Crippen MR) is 129 cm³/mol. The number of amides is 3. The first-order chi connectivity index (χ1) is 15.1. The molecule has 2 N–H and O–H groups in total. The van der Waals surface area contributed by atoms with Crippen LogP contribution in [0.25, 0.3) is 0 Å². The molecule has 1 aliphatic rings. The van der Waals surface area contributed by atoms with Crippen LogP contribution in [0.4, 0.5) is 4.79 Å². The Bertz CT molecular complexity index is 878. The minimum absolute atomic E-state index is 0.115. The van der Waals surface area contributed by atoms with E-state index in [9.17, 15) is 18.0 Å². The van der Waals surface area contributed by atoms with E-state index < -0.39 is 16.1 Å². The summed E-state index contributed by atoms with van der Waals surface area (Å²) in [6.45, 7) is 9.56. The number of hydrogen-bond donors (Lipinski definition) is 2. The number of carbonyl (C=O) groups is 2. The van der Waals surface area contributed by atoms with Crippen LogP contribution in [-0.2, 0) is 14.8 Å². The summed E-state index contributed by atoms with van der Waals surface area (Å²) in [5.74, 6) is -0.434. The van der Waals surface area contributed by atoms with E-state index in [1.807, 2.05) is 20.8 Å². The molecular formula is C22H35BrN4O4S. The summed E-state index contributed by atoms with van der Waals surface area (Å²) in [4.78, 5) is 29.3. The molecule has 3 unspecified atom stereocenters. The zero-order valence-corrected chi connectivity index (χ0v) is 21.7. The number of piperazine rings is 1. The van der Waals surface area contributed by atoms with Crippen LogP contribution in [-0.4, -0.2) is 68.4 Å². The first-order valence-electron chi connectivity index (χ1n) is 11.2. The van der Waals surface area contributed by atoms with E-state index >= 15 is 0 Å². The quantitative estimate of drug-likeness (QED) is 0.479. The molecule has 1 heterocycles. The highest BCUT2D eigenvalue weighted by Gasteiger charge is 2.36. The van der Waals surface area contributed by atoms with Crippen molar-refractivity contribution in [2.45, 2.75) is 63.9 Å². The number of sulfonamides is 1. The molecule has 1 aliphatic heterocycles. The van der Waals surface area contributed by atoms with Gasteiger partial charge >= 0.3 is 6.03 Å². The maximum Gasteiger partial charge on any atom is 0.317 e. The van der Waals surface area contributed by atoms with Crippen molar-refractivity contribution in [2.75, 3.05) is 26.2 Å². The van der Waals surface area contributed by atoms with Crippen molar-refractivity contribution in [2.24, 2.45) is 5.92 Å². The van der Waals surface area contributed by atoms with Crippen LogP contribution < -0.4 is 10.0 Å². The lowest BCUT2D eigenvalue weighted by molar-refractivity contribution is -0.136. The van der Waals surface area contributed by atoms with Crippen molar-refractivity contribution in [3.63, 3.8) is 0 Å². The predicted octanol–water partition coefficient (Wildman–Crippen LogP) is 3.18. The number of benzene rings is 1. The normalized spacial score (nSPS) is 18.8. The van der Waals surface area contributed by atoms with Crippen molar-refractivity contribution in [3.05, 3.63) is 28.7 Å². The third-order valence-corrected chi connectivity index (χ3v) is 7.88. The minimum atomic E-state index is -3.86. The second-order valence-electron chi connectivity index (χ2n) is 8.35. The van der Waals surface area contributed by atoms with E-state index in [1.54, 1.807) is 21.9 Å². The molecule has 32 heavy (non-hydrogen) atoms. The van der Waals surface area contributed by atoms with Crippen molar-refractivity contribution in [3.8, 4) is 0 Å². The van der Waals surface area contributed by atoms with Crippen molar-refractivity contribution < 1.29 is 18.0 Å². The van der Waals surface area contributed by atoms with Crippen LogP contribution in [0.3, 0.4) is 0 Å². The van der Waals surface area contributed by atoms with Gasteiger partial charge in [0, 0.05) is 36.7 Å². The standard InChI is InChI=1S/C22H35BrN4O4S/c1-5-7-12-24-22(29)27-14-13-26(15-17(27)4)21(28)20(16(3)6-2)25-32(30,31)19-10-8-18(23)9-11-19/h8-11,16-17,20,25H,5-7,12-15H2,1-4H3,(H,24,29). The number of nitrogens with zero attached hydrogens (tertiary/aromatic N) is 2. The Labute approximate surface area is 200 Å². The number of halogens is 1. The molecule has 1 fully saturated rings. The first kappa shape index (κ1) is 26.6. The molecule has 180 valence electrons. The highest BCUT2D eigenvalue weighted by Crippen LogP contribution is 2.20. The number of hydrogen-bond acceptors (Lipinski definition) is 4. The molecule has 3 atom stereocenters. The molecule has 1 aromatic carbocycles. The average Bonchev–Trinajstić information content (AvgIpc) is 2.76. The lowest BCUT2D eigenvalue weighted by Crippen LogP contribution is -2.61. The van der Waals surface area contributed by atoms with Crippen molar-refractivity contribution in [1.29, 1.82) is 0 Å². The maximum atomic E-state index is 13.4. The molecule has 0 radical (unpaired) electrons. The van der Waals surface area contributed by atoms with Crippen LogP contribution in [0.5, 0.6) is 0 Å². The van der Waals surface area contributed by atoms with E-state index in [0.29, 0.717) is 32.6 Å². The summed E-state index contributed by atoms with van der Waals surface area (Å²) in [6.07, 6.45) is 2.58. The van der Waals surface area contributed by atoms with E-state index in [4.69, 9.17) is 0 Å². The summed E-state index contributed by atoms with van der Waals surface area (Å²) in [5, 5.41) is 2.92. The molecule has 0 aromatic heterocycles. The van der Waals surface area contributed by atoms with E-state index in [0.717, 1.165) is 17.3 Å². The van der Waals surface area contributed by atoms with Gasteiger partial charge in [0.15, 0.2) is 0 Å². The van der Waals surface area contributed by atoms with E-state index in [-0.39, 0.29) is 28.8 Å². The molecule has 1 aromatic rings. The van der Waals surface area contributed by atoms with Crippen LogP contribution in [0.15, 0.2) is 33.6 Å². The largest absolute Gasteiger partial charge is 0.338 e. The first-order valence-corrected chi connectivity index (χ1v) is 13.5. The Balaban J connectivity index is 2.10. The highest BCUT2D eigenvalue weighted by molar-refractivity contribution is 9.10. The third-order valence-electron chi connectivity index (χ3n) is 5.89. The highest BCUT2D eigenvalue weighted by atomic mass is 79.9. The third kappa shape index (κ3) is 6.92. The van der Waals surface area contributed by atoms with Gasteiger partial charge in [0.1, 0.15) is 6.04 Å². The van der Waals surface area contributed by atoms with Crippen molar-refractivity contribution >= 4 is 37.9 Å². The fourth-order valence-corrected chi connectivity index (χ4v) is 5.19. The van der Waals surface area contributed by atoms with Gasteiger partial charge in [-0.05, 0) is 43.5 Å². The second-order valence-corrected chi connectivity index (χ2v) is 11.0. The molecule has 1 saturated heterocycles. The van der Waals surface area contributed by atoms with Gasteiger partial charge in [-0.3, -0.25) is 4.79 Å². The summed E-state index contributed by atoms with van der Waals surface area (Å²) in [6, 6.07) is 5.17. The van der Waals surface area contributed by atoms with E-state index in [1.165, 1.54) is 12.1 Å². The Morgan fingerprint density at radius 3 is 2.41 bits per heavy atom. The summed E-state index contributed by atoms with van der Waals surface area (Å²) >= 11 is 3.30. The smallest absolute Gasteiger partial charge is 0.317 e. The molecule has 0 bridgehead atoms. The number of carbonyl (C=O) groups excluding carboxylic acids is 2. The zero-order valence-electron chi connectivity index (χ0n) is 19.3. The van der Waals surface area contributed by atoms with Gasteiger partial charge in [-0.15, -0.1) is 0 Å². The SMILES string of the molecule is CCCCNC(=O)N1CCN(C(=O)C(NS(=O)(=O)c2ccc(Br)cc2)C(C)CC)CC1C. The van der Waals surface area contributed by atoms with Crippen molar-refractivity contribution in [1.82, 2.24) is 19.8 Å². The van der Waals surface area contributed by atoms with Crippen LogP contribution in [0.1, 0.15) is 47.0 Å². The average molecular weight is 532 g/mol. The van der Waals surface area contributed by atoms with Gasteiger partial charge in [0.25, 0.3) is 0 Å². The molecule has 0 saturated carbocycles. The van der Waals surface area contributed by atoms with Crippen LogP contribution in [0.2, 0.25) is 0 Å². The Hall–Kier alpha value is -1.65. The number of nitrogens with one attached hydrogen (secondary N) is 2. The number of urea groups is 1. The molecule has 2 rings (SSSR count). The van der Waals surface area contributed by atoms with E-state index in [2.05, 4.69) is 32.9 Å². The van der Waals surface area contributed by atoms with Crippen LogP contribution in [0, 0.1) is 5.92 Å². The van der Waals surface area contributed by atoms with Crippen LogP contribution >= 0.6 is 15.9 Å². The molecule has 8 nitrogen and oxygen atoms in total. The van der Waals surface area contributed by atoms with Gasteiger partial charge < -0.3 is 15.1 Å². The second kappa shape index (κ2) is 12.0. The fourth-order valence-electron chi connectivity index (χ4n) is 3.62. The summed E-state index contributed by atoms with van der Waals surface area (Å²) < 4.78 is 29.3. The summed E-state index contributed by atoms with van der Waals surface area (Å²) in [5.41, 5.74) is 0. The lowest BCUT2D eigenvalue weighted by atomic mass is 9.98. The monoisotopic (exact) mass is 530 g/mol. The Morgan fingerprint density at radius 1 is 1.19 bits per heavy atom. The molecule has 0 spiro atoms. The number of rotatable bonds is 9. The lowest BCUT2D eigenvalue weighted by Gasteiger charge is -2.41. The zero-order chi connectivity index (χ0) is 23.9. The Kier molecular flexibility index (Phi) is 9.97. The topological polar surface area (TPSA) is 98.8 Å². The minimum Gasteiger partial charge on any atom is -0.338 e. The van der Waals surface area contributed by atoms with Gasteiger partial charge in [-0.1, -0.05) is 49.5 Å². The van der Waals surface area contributed by atoms with Gasteiger partial charge in [-0.25, -0.2) is 13.2 Å². The van der Waals surface area contributed by atoms with Gasteiger partial charge in [0.05, 0.1) is 4.90 Å².